The van der Waals surface area contributed by atoms with Gasteiger partial charge in [0.1, 0.15) is 0 Å². The number of ether oxygens (including phenoxy) is 1. The lowest BCUT2D eigenvalue weighted by atomic mass is 9.76. The molecular weight excluding hydrogens is 394 g/mol. The predicted molar refractivity (Wildman–Crippen MR) is 115 cm³/mol. The van der Waals surface area contributed by atoms with Gasteiger partial charge in [-0.25, -0.2) is 4.79 Å². The van der Waals surface area contributed by atoms with E-state index in [4.69, 9.17) is 4.74 Å². The van der Waals surface area contributed by atoms with Crippen LogP contribution in [-0.4, -0.2) is 30.2 Å². The minimum atomic E-state index is -0.631. The number of imide groups is 1. The van der Waals surface area contributed by atoms with Crippen molar-refractivity contribution in [2.24, 2.45) is 17.8 Å². The summed E-state index contributed by atoms with van der Waals surface area (Å²) in [5, 5.41) is 0. The van der Waals surface area contributed by atoms with Crippen LogP contribution in [0, 0.1) is 24.7 Å². The van der Waals surface area contributed by atoms with Gasteiger partial charge in [0.15, 0.2) is 12.4 Å². The number of rotatable bonds is 5. The summed E-state index contributed by atoms with van der Waals surface area (Å²) in [6.07, 6.45) is 2.44. The first-order valence-electron chi connectivity index (χ1n) is 10.6. The largest absolute Gasteiger partial charge is 0.454 e. The molecule has 1 aliphatic carbocycles. The zero-order chi connectivity index (χ0) is 22.1. The Labute approximate surface area is 181 Å². The number of hydrogen-bond donors (Lipinski definition) is 0. The molecular formula is C25H25NO5. The first kappa shape index (κ1) is 21.0. The first-order chi connectivity index (χ1) is 14.8. The van der Waals surface area contributed by atoms with E-state index in [0.29, 0.717) is 17.2 Å². The van der Waals surface area contributed by atoms with Crippen LogP contribution in [0.1, 0.15) is 52.5 Å². The SMILES string of the molecule is Cc1ccc(C(=O)COC(=O)c2ccc(N3C(=O)C4CCC(C)CC4C3=O)cc2)cc1. The Kier molecular flexibility index (Phi) is 5.72. The summed E-state index contributed by atoms with van der Waals surface area (Å²) in [6, 6.07) is 13.2. The fourth-order valence-electron chi connectivity index (χ4n) is 4.43. The fraction of sp³-hybridized carbons (Fsp3) is 0.360. The molecule has 1 saturated carbocycles. The van der Waals surface area contributed by atoms with Crippen molar-refractivity contribution in [2.45, 2.75) is 33.1 Å². The molecule has 1 saturated heterocycles. The van der Waals surface area contributed by atoms with Gasteiger partial charge in [0, 0.05) is 5.56 Å². The highest BCUT2D eigenvalue weighted by Crippen LogP contribution is 2.42. The lowest BCUT2D eigenvalue weighted by Crippen LogP contribution is -2.30. The van der Waals surface area contributed by atoms with Gasteiger partial charge in [-0.1, -0.05) is 36.8 Å². The third-order valence-electron chi connectivity index (χ3n) is 6.26. The maximum Gasteiger partial charge on any atom is 0.338 e. The third-order valence-corrected chi connectivity index (χ3v) is 6.26. The van der Waals surface area contributed by atoms with Crippen molar-refractivity contribution >= 4 is 29.3 Å². The van der Waals surface area contributed by atoms with Gasteiger partial charge in [-0.3, -0.25) is 19.3 Å². The number of hydrogen-bond acceptors (Lipinski definition) is 5. The number of Topliss-reactive ketones (excluding diaryl/α,β-unsaturated/α-hetero) is 1. The van der Waals surface area contributed by atoms with Gasteiger partial charge >= 0.3 is 5.97 Å². The standard InChI is InChI=1S/C25H25NO5/c1-15-3-6-17(7-4-15)22(27)14-31-25(30)18-8-10-19(11-9-18)26-23(28)20-12-5-16(2)13-21(20)24(26)29/h3-4,6-11,16,20-21H,5,12-14H2,1-2H3. The Hall–Kier alpha value is -3.28. The van der Waals surface area contributed by atoms with Crippen molar-refractivity contribution in [2.75, 3.05) is 11.5 Å². The third kappa shape index (κ3) is 4.15. The van der Waals surface area contributed by atoms with E-state index in [-0.39, 0.29) is 41.6 Å². The summed E-state index contributed by atoms with van der Waals surface area (Å²) in [7, 11) is 0. The van der Waals surface area contributed by atoms with Gasteiger partial charge in [0.05, 0.1) is 23.1 Å². The second kappa shape index (κ2) is 8.46. The smallest absolute Gasteiger partial charge is 0.338 e. The molecule has 1 heterocycles. The summed E-state index contributed by atoms with van der Waals surface area (Å²) in [5.41, 5.74) is 2.24. The molecule has 1 aliphatic heterocycles. The van der Waals surface area contributed by atoms with Gasteiger partial charge in [0.2, 0.25) is 11.8 Å². The summed E-state index contributed by atoms with van der Waals surface area (Å²) >= 11 is 0. The number of carbonyl (C=O) groups excluding carboxylic acids is 4. The van der Waals surface area contributed by atoms with Crippen molar-refractivity contribution in [3.05, 3.63) is 65.2 Å². The Bertz CT molecular complexity index is 1020. The van der Waals surface area contributed by atoms with Crippen LogP contribution in [0.4, 0.5) is 5.69 Å². The molecule has 2 aromatic carbocycles. The molecule has 2 aliphatic rings. The molecule has 6 nitrogen and oxygen atoms in total. The summed E-state index contributed by atoms with van der Waals surface area (Å²) < 4.78 is 5.14. The van der Waals surface area contributed by atoms with E-state index < -0.39 is 5.97 Å². The van der Waals surface area contributed by atoms with Gasteiger partial charge in [-0.05, 0) is 56.4 Å². The van der Waals surface area contributed by atoms with Crippen LogP contribution in [-0.2, 0) is 14.3 Å². The van der Waals surface area contributed by atoms with Crippen molar-refractivity contribution in [3.8, 4) is 0 Å². The number of amides is 2. The number of carbonyl (C=O) groups is 4. The molecule has 31 heavy (non-hydrogen) atoms. The lowest BCUT2D eigenvalue weighted by molar-refractivity contribution is -0.122. The predicted octanol–water partition coefficient (Wildman–Crippen LogP) is 3.96. The molecule has 0 spiro atoms. The molecule has 2 amide bonds. The summed E-state index contributed by atoms with van der Waals surface area (Å²) in [5.74, 6) is -1.25. The van der Waals surface area contributed by atoms with Crippen LogP contribution in [0.25, 0.3) is 0 Å². The minimum Gasteiger partial charge on any atom is -0.454 e. The Morgan fingerprint density at radius 3 is 2.19 bits per heavy atom. The summed E-state index contributed by atoms with van der Waals surface area (Å²) in [6.45, 7) is 3.69. The van der Waals surface area contributed by atoms with E-state index in [1.165, 1.54) is 17.0 Å². The lowest BCUT2D eigenvalue weighted by Gasteiger charge is -2.25. The van der Waals surface area contributed by atoms with Gasteiger partial charge in [-0.2, -0.15) is 0 Å². The van der Waals surface area contributed by atoms with E-state index in [0.717, 1.165) is 24.8 Å². The van der Waals surface area contributed by atoms with Gasteiger partial charge in [-0.15, -0.1) is 0 Å². The van der Waals surface area contributed by atoms with Crippen molar-refractivity contribution < 1.29 is 23.9 Å². The highest BCUT2D eigenvalue weighted by molar-refractivity contribution is 6.22. The van der Waals surface area contributed by atoms with E-state index in [9.17, 15) is 19.2 Å². The Morgan fingerprint density at radius 2 is 1.52 bits per heavy atom. The molecule has 3 unspecified atom stereocenters. The van der Waals surface area contributed by atoms with E-state index in [2.05, 4.69) is 6.92 Å². The number of anilines is 1. The van der Waals surface area contributed by atoms with Crippen LogP contribution >= 0.6 is 0 Å². The van der Waals surface area contributed by atoms with Crippen molar-refractivity contribution in [3.63, 3.8) is 0 Å². The van der Waals surface area contributed by atoms with Gasteiger partial charge in [0.25, 0.3) is 0 Å². The molecule has 0 N–H and O–H groups in total. The number of fused-ring (bicyclic) bond motifs is 1. The number of esters is 1. The molecule has 2 fully saturated rings. The van der Waals surface area contributed by atoms with Gasteiger partial charge < -0.3 is 4.74 Å². The second-order valence-electron chi connectivity index (χ2n) is 8.56. The normalized spacial score (nSPS) is 22.9. The monoisotopic (exact) mass is 419 g/mol. The zero-order valence-electron chi connectivity index (χ0n) is 17.7. The maximum absolute atomic E-state index is 12.8. The molecule has 0 aromatic heterocycles. The van der Waals surface area contributed by atoms with E-state index in [1.54, 1.807) is 24.3 Å². The zero-order valence-corrected chi connectivity index (χ0v) is 17.7. The Balaban J connectivity index is 1.40. The quantitative estimate of drug-likeness (QED) is 0.416. The Morgan fingerprint density at radius 1 is 0.903 bits per heavy atom. The number of aryl methyl sites for hydroxylation is 1. The average Bonchev–Trinajstić information content (AvgIpc) is 3.02. The van der Waals surface area contributed by atoms with Crippen LogP contribution in [0.15, 0.2) is 48.5 Å². The molecule has 3 atom stereocenters. The molecule has 2 aromatic rings. The molecule has 160 valence electrons. The maximum atomic E-state index is 12.8. The first-order valence-corrected chi connectivity index (χ1v) is 10.6. The van der Waals surface area contributed by atoms with E-state index >= 15 is 0 Å². The van der Waals surface area contributed by atoms with Crippen LogP contribution < -0.4 is 4.90 Å². The molecule has 0 radical (unpaired) electrons. The number of ketones is 1. The topological polar surface area (TPSA) is 80.8 Å². The van der Waals surface area contributed by atoms with Crippen LogP contribution in [0.2, 0.25) is 0 Å². The van der Waals surface area contributed by atoms with Crippen molar-refractivity contribution in [1.29, 1.82) is 0 Å². The number of benzene rings is 2. The molecule has 6 heteroatoms. The highest BCUT2D eigenvalue weighted by atomic mass is 16.5. The molecule has 4 rings (SSSR count). The highest BCUT2D eigenvalue weighted by Gasteiger charge is 2.49. The van der Waals surface area contributed by atoms with Crippen LogP contribution in [0.5, 0.6) is 0 Å². The summed E-state index contributed by atoms with van der Waals surface area (Å²) in [4.78, 5) is 51.4. The minimum absolute atomic E-state index is 0.152. The molecule has 0 bridgehead atoms. The van der Waals surface area contributed by atoms with Crippen molar-refractivity contribution in [1.82, 2.24) is 0 Å². The fourth-order valence-corrected chi connectivity index (χ4v) is 4.43. The van der Waals surface area contributed by atoms with Crippen LogP contribution in [0.3, 0.4) is 0 Å². The number of nitrogens with zero attached hydrogens (tertiary/aromatic N) is 1. The second-order valence-corrected chi connectivity index (χ2v) is 8.56. The van der Waals surface area contributed by atoms with E-state index in [1.807, 2.05) is 19.1 Å². The average molecular weight is 419 g/mol.